The maximum absolute atomic E-state index is 4.34. The van der Waals surface area contributed by atoms with Gasteiger partial charge in [-0.3, -0.25) is 0 Å². The molecule has 4 heteroatoms. The van der Waals surface area contributed by atoms with Gasteiger partial charge >= 0.3 is 0 Å². The molecule has 1 aromatic rings. The summed E-state index contributed by atoms with van der Waals surface area (Å²) in [5, 5.41) is 4.45. The summed E-state index contributed by atoms with van der Waals surface area (Å²) in [6.07, 6.45) is 5.83. The van der Waals surface area contributed by atoms with E-state index in [2.05, 4.69) is 14.7 Å². The third-order valence-electron chi connectivity index (χ3n) is 3.47. The second-order valence-electron chi connectivity index (χ2n) is 4.87. The van der Waals surface area contributed by atoms with E-state index in [4.69, 9.17) is 0 Å². The number of hydrogen-bond donors (Lipinski definition) is 1. The van der Waals surface area contributed by atoms with Gasteiger partial charge < -0.3 is 5.32 Å². The maximum Gasteiger partial charge on any atom is 0.202 e. The summed E-state index contributed by atoms with van der Waals surface area (Å²) >= 11 is 1.48. The summed E-state index contributed by atoms with van der Waals surface area (Å²) in [5.41, 5.74) is 0. The average Bonchev–Trinajstić information content (AvgIpc) is 3.09. The van der Waals surface area contributed by atoms with E-state index >= 15 is 0 Å². The van der Waals surface area contributed by atoms with Crippen LogP contribution in [0.15, 0.2) is 0 Å². The highest BCUT2D eigenvalue weighted by Gasteiger charge is 2.41. The average molecular weight is 223 g/mol. The predicted octanol–water partition coefficient (Wildman–Crippen LogP) is 2.69. The second kappa shape index (κ2) is 3.74. The van der Waals surface area contributed by atoms with Gasteiger partial charge in [0.05, 0.1) is 0 Å². The Hall–Kier alpha value is -0.640. The van der Waals surface area contributed by atoms with E-state index in [0.717, 1.165) is 35.3 Å². The molecular formula is C11H17N3S. The summed E-state index contributed by atoms with van der Waals surface area (Å²) in [5.74, 6) is 3.82. The fraction of sp³-hybridized carbons (Fsp3) is 0.818. The van der Waals surface area contributed by atoms with Crippen LogP contribution >= 0.6 is 11.5 Å². The molecule has 0 bridgehead atoms. The minimum absolute atomic E-state index is 0.886. The first kappa shape index (κ1) is 9.58. The van der Waals surface area contributed by atoms with Crippen molar-refractivity contribution in [3.05, 3.63) is 5.82 Å². The lowest BCUT2D eigenvalue weighted by Gasteiger charge is -2.15. The van der Waals surface area contributed by atoms with Crippen molar-refractivity contribution < 1.29 is 0 Å². The molecule has 0 aliphatic heterocycles. The fourth-order valence-corrected chi connectivity index (χ4v) is 2.92. The molecule has 0 spiro atoms. The number of nitrogens with one attached hydrogen (secondary N) is 1. The quantitative estimate of drug-likeness (QED) is 0.834. The largest absolute Gasteiger partial charge is 0.360 e. The summed E-state index contributed by atoms with van der Waals surface area (Å²) < 4.78 is 4.18. The Balaban J connectivity index is 1.55. The van der Waals surface area contributed by atoms with E-state index in [-0.39, 0.29) is 0 Å². The summed E-state index contributed by atoms with van der Waals surface area (Å²) in [6.45, 7) is 3.06. The van der Waals surface area contributed by atoms with Crippen LogP contribution in [0, 0.1) is 24.7 Å². The smallest absolute Gasteiger partial charge is 0.202 e. The molecule has 2 saturated carbocycles. The van der Waals surface area contributed by atoms with E-state index in [9.17, 15) is 0 Å². The van der Waals surface area contributed by atoms with Crippen LogP contribution in [0.1, 0.15) is 31.5 Å². The molecule has 1 N–H and O–H groups in total. The van der Waals surface area contributed by atoms with E-state index in [0.29, 0.717) is 0 Å². The Morgan fingerprint density at radius 2 is 2.00 bits per heavy atom. The molecule has 0 amide bonds. The van der Waals surface area contributed by atoms with Crippen LogP contribution in [-0.2, 0) is 0 Å². The van der Waals surface area contributed by atoms with Crippen molar-refractivity contribution in [1.29, 1.82) is 0 Å². The first-order valence-electron chi connectivity index (χ1n) is 5.87. The predicted molar refractivity (Wildman–Crippen MR) is 62.1 cm³/mol. The summed E-state index contributed by atoms with van der Waals surface area (Å²) in [6, 6.07) is 0. The number of aryl methyl sites for hydroxylation is 1. The van der Waals surface area contributed by atoms with Crippen molar-refractivity contribution >= 4 is 16.7 Å². The molecule has 0 aromatic carbocycles. The van der Waals surface area contributed by atoms with E-state index in [1.54, 1.807) is 0 Å². The summed E-state index contributed by atoms with van der Waals surface area (Å²) in [7, 11) is 0. The van der Waals surface area contributed by atoms with Crippen molar-refractivity contribution in [2.45, 2.75) is 32.6 Å². The Morgan fingerprint density at radius 1 is 1.33 bits per heavy atom. The number of aromatic nitrogens is 2. The van der Waals surface area contributed by atoms with Crippen LogP contribution in [0.5, 0.6) is 0 Å². The molecule has 15 heavy (non-hydrogen) atoms. The van der Waals surface area contributed by atoms with Crippen LogP contribution < -0.4 is 5.32 Å². The maximum atomic E-state index is 4.34. The van der Waals surface area contributed by atoms with Gasteiger partial charge in [0, 0.05) is 18.1 Å². The monoisotopic (exact) mass is 223 g/mol. The first-order valence-corrected chi connectivity index (χ1v) is 6.64. The minimum atomic E-state index is 0.886. The zero-order chi connectivity index (χ0) is 10.3. The minimum Gasteiger partial charge on any atom is -0.360 e. The second-order valence-corrected chi connectivity index (χ2v) is 5.62. The van der Waals surface area contributed by atoms with Gasteiger partial charge in [-0.05, 0) is 50.4 Å². The molecule has 0 radical (unpaired) electrons. The van der Waals surface area contributed by atoms with Crippen molar-refractivity contribution in [1.82, 2.24) is 9.36 Å². The van der Waals surface area contributed by atoms with E-state index in [1.165, 1.54) is 37.2 Å². The van der Waals surface area contributed by atoms with Crippen molar-refractivity contribution in [2.75, 3.05) is 11.9 Å². The highest BCUT2D eigenvalue weighted by atomic mass is 32.1. The van der Waals surface area contributed by atoms with E-state index in [1.807, 2.05) is 6.92 Å². The van der Waals surface area contributed by atoms with Crippen LogP contribution in [0.2, 0.25) is 0 Å². The van der Waals surface area contributed by atoms with E-state index < -0.39 is 0 Å². The topological polar surface area (TPSA) is 37.8 Å². The zero-order valence-electron chi connectivity index (χ0n) is 9.07. The van der Waals surface area contributed by atoms with Crippen LogP contribution in [-0.4, -0.2) is 15.9 Å². The molecule has 2 fully saturated rings. The fourth-order valence-electron chi connectivity index (χ4n) is 2.34. The molecule has 2 aliphatic rings. The van der Waals surface area contributed by atoms with Gasteiger partial charge in [-0.2, -0.15) is 4.37 Å². The lowest BCUT2D eigenvalue weighted by Crippen LogP contribution is -2.18. The van der Waals surface area contributed by atoms with Gasteiger partial charge in [0.15, 0.2) is 0 Å². The third kappa shape index (κ3) is 2.30. The highest BCUT2D eigenvalue weighted by Crippen LogP contribution is 2.49. The molecule has 1 aromatic heterocycles. The normalized spacial score (nSPS) is 20.9. The van der Waals surface area contributed by atoms with Gasteiger partial charge in [0.1, 0.15) is 5.82 Å². The lowest BCUT2D eigenvalue weighted by atomic mass is 9.98. The lowest BCUT2D eigenvalue weighted by molar-refractivity contribution is 0.428. The van der Waals surface area contributed by atoms with Crippen LogP contribution in [0.3, 0.4) is 0 Å². The Labute approximate surface area is 94.5 Å². The first-order chi connectivity index (χ1) is 7.33. The number of anilines is 1. The van der Waals surface area contributed by atoms with Crippen LogP contribution in [0.4, 0.5) is 5.13 Å². The van der Waals surface area contributed by atoms with Crippen molar-refractivity contribution in [3.8, 4) is 0 Å². The molecular weight excluding hydrogens is 206 g/mol. The number of hydrogen-bond acceptors (Lipinski definition) is 4. The third-order valence-corrected chi connectivity index (χ3v) is 4.24. The van der Waals surface area contributed by atoms with Crippen molar-refractivity contribution in [2.24, 2.45) is 17.8 Å². The molecule has 82 valence electrons. The molecule has 1 heterocycles. The van der Waals surface area contributed by atoms with Gasteiger partial charge in [-0.25, -0.2) is 4.98 Å². The molecule has 0 saturated heterocycles. The molecule has 3 rings (SSSR count). The van der Waals surface area contributed by atoms with Crippen molar-refractivity contribution in [3.63, 3.8) is 0 Å². The standard InChI is InChI=1S/C11H17N3S/c1-7-13-11(15-14-7)12-6-10(8-2-3-8)9-4-5-9/h8-10H,2-6H2,1H3,(H,12,13,14). The Bertz CT molecular complexity index is 329. The Morgan fingerprint density at radius 3 is 2.47 bits per heavy atom. The van der Waals surface area contributed by atoms with Gasteiger partial charge in [-0.15, -0.1) is 0 Å². The summed E-state index contributed by atoms with van der Waals surface area (Å²) in [4.78, 5) is 4.34. The number of nitrogens with zero attached hydrogens (tertiary/aromatic N) is 2. The molecule has 3 nitrogen and oxygen atoms in total. The van der Waals surface area contributed by atoms with Gasteiger partial charge in [0.25, 0.3) is 0 Å². The SMILES string of the molecule is Cc1nsc(NCC(C2CC2)C2CC2)n1. The molecule has 2 aliphatic carbocycles. The van der Waals surface area contributed by atoms with Gasteiger partial charge in [-0.1, -0.05) is 0 Å². The number of rotatable bonds is 5. The molecule has 0 unspecified atom stereocenters. The van der Waals surface area contributed by atoms with Crippen LogP contribution in [0.25, 0.3) is 0 Å². The van der Waals surface area contributed by atoms with Gasteiger partial charge in [0.2, 0.25) is 5.13 Å². The highest BCUT2D eigenvalue weighted by molar-refractivity contribution is 7.09. The Kier molecular flexibility index (Phi) is 2.39. The molecule has 0 atom stereocenters. The zero-order valence-corrected chi connectivity index (χ0v) is 9.89.